The van der Waals surface area contributed by atoms with Crippen molar-refractivity contribution in [3.8, 4) is 0 Å². The van der Waals surface area contributed by atoms with Gasteiger partial charge in [0.2, 0.25) is 0 Å². The van der Waals surface area contributed by atoms with Gasteiger partial charge in [-0.05, 0) is 33.6 Å². The van der Waals surface area contributed by atoms with E-state index in [-0.39, 0.29) is 0 Å². The summed E-state index contributed by atoms with van der Waals surface area (Å²) < 4.78 is 9.81. The Labute approximate surface area is 101 Å². The molecule has 17 heavy (non-hydrogen) atoms. The Hall–Kier alpha value is -1.52. The van der Waals surface area contributed by atoms with Crippen LogP contribution in [0.25, 0.3) is 0 Å². The van der Waals surface area contributed by atoms with E-state index in [1.807, 2.05) is 20.8 Å². The summed E-state index contributed by atoms with van der Waals surface area (Å²) in [6, 6.07) is 0. The van der Waals surface area contributed by atoms with Crippen molar-refractivity contribution in [3.05, 3.63) is 11.8 Å². The Morgan fingerprint density at radius 2 is 2.00 bits per heavy atom. The number of ether oxygens (including phenoxy) is 2. The molecule has 0 aliphatic carbocycles. The van der Waals surface area contributed by atoms with Crippen molar-refractivity contribution in [2.45, 2.75) is 39.2 Å². The number of allylic oxidation sites excluding steroid dienone is 1. The number of likely N-dealkylation sites (tertiary alicyclic amines) is 1. The number of carbonyl (C=O) groups excluding carboxylic acids is 2. The smallest absolute Gasteiger partial charge is 0.414 e. The summed E-state index contributed by atoms with van der Waals surface area (Å²) in [6.07, 6.45) is 2.46. The monoisotopic (exact) mass is 241 g/mol. The Morgan fingerprint density at radius 3 is 2.53 bits per heavy atom. The minimum absolute atomic E-state index is 0.412. The van der Waals surface area contributed by atoms with Crippen LogP contribution in [0.15, 0.2) is 11.8 Å². The van der Waals surface area contributed by atoms with Gasteiger partial charge >= 0.3 is 12.1 Å². The van der Waals surface area contributed by atoms with Crippen molar-refractivity contribution in [2.24, 2.45) is 0 Å². The van der Waals surface area contributed by atoms with E-state index in [2.05, 4.69) is 4.74 Å². The number of nitrogens with zero attached hydrogens (tertiary/aromatic N) is 1. The minimum Gasteiger partial charge on any atom is -0.466 e. The summed E-state index contributed by atoms with van der Waals surface area (Å²) in [5, 5.41) is 0. The first kappa shape index (κ1) is 13.5. The number of amides is 1. The molecule has 0 radical (unpaired) electrons. The van der Waals surface area contributed by atoms with Crippen LogP contribution in [-0.4, -0.2) is 36.2 Å². The fraction of sp³-hybridized carbons (Fsp3) is 0.667. The summed E-state index contributed by atoms with van der Waals surface area (Å²) in [6.45, 7) is 6.01. The fourth-order valence-corrected chi connectivity index (χ4v) is 1.57. The maximum atomic E-state index is 11.9. The summed E-state index contributed by atoms with van der Waals surface area (Å²) >= 11 is 0. The molecule has 0 unspecified atom stereocenters. The maximum absolute atomic E-state index is 11.9. The molecular formula is C12H19NO4. The van der Waals surface area contributed by atoms with Crippen LogP contribution in [0.4, 0.5) is 4.79 Å². The van der Waals surface area contributed by atoms with Crippen LogP contribution < -0.4 is 0 Å². The van der Waals surface area contributed by atoms with Crippen molar-refractivity contribution >= 4 is 12.1 Å². The standard InChI is InChI=1S/C12H19NO4/c1-12(2,3)17-11(15)13-7-5-6-9(13)8-10(14)16-4/h8H,5-7H2,1-4H3/b9-8+. The van der Waals surface area contributed by atoms with E-state index in [4.69, 9.17) is 4.74 Å². The van der Waals surface area contributed by atoms with Crippen LogP contribution in [0.5, 0.6) is 0 Å². The average molecular weight is 241 g/mol. The van der Waals surface area contributed by atoms with Crippen molar-refractivity contribution in [1.82, 2.24) is 4.90 Å². The van der Waals surface area contributed by atoms with E-state index in [1.54, 1.807) is 0 Å². The number of esters is 1. The quantitative estimate of drug-likeness (QED) is 0.521. The Bertz CT molecular complexity index is 341. The van der Waals surface area contributed by atoms with Crippen LogP contribution in [0.1, 0.15) is 33.6 Å². The van der Waals surface area contributed by atoms with Crippen molar-refractivity contribution in [2.75, 3.05) is 13.7 Å². The van der Waals surface area contributed by atoms with Gasteiger partial charge in [-0.3, -0.25) is 4.90 Å². The highest BCUT2D eigenvalue weighted by Crippen LogP contribution is 2.23. The number of carbonyl (C=O) groups is 2. The van der Waals surface area contributed by atoms with E-state index in [0.29, 0.717) is 18.7 Å². The molecule has 96 valence electrons. The molecule has 0 aromatic heterocycles. The molecule has 1 amide bonds. The highest BCUT2D eigenvalue weighted by Gasteiger charge is 2.28. The van der Waals surface area contributed by atoms with Crippen LogP contribution in [0.2, 0.25) is 0 Å². The molecule has 5 nitrogen and oxygen atoms in total. The second-order valence-corrected chi connectivity index (χ2v) is 4.89. The molecule has 1 saturated heterocycles. The van der Waals surface area contributed by atoms with E-state index >= 15 is 0 Å². The molecule has 1 heterocycles. The number of methoxy groups -OCH3 is 1. The third kappa shape index (κ3) is 4.09. The van der Waals surface area contributed by atoms with Gasteiger partial charge in [-0.25, -0.2) is 9.59 Å². The third-order valence-corrected chi connectivity index (χ3v) is 2.26. The van der Waals surface area contributed by atoms with E-state index in [9.17, 15) is 9.59 Å². The topological polar surface area (TPSA) is 55.8 Å². The largest absolute Gasteiger partial charge is 0.466 e. The Morgan fingerprint density at radius 1 is 1.35 bits per heavy atom. The second-order valence-electron chi connectivity index (χ2n) is 4.89. The first-order valence-electron chi connectivity index (χ1n) is 5.62. The number of rotatable bonds is 1. The van der Waals surface area contributed by atoms with Gasteiger partial charge in [0.25, 0.3) is 0 Å². The van der Waals surface area contributed by atoms with Crippen LogP contribution >= 0.6 is 0 Å². The zero-order valence-electron chi connectivity index (χ0n) is 10.8. The lowest BCUT2D eigenvalue weighted by atomic mass is 10.2. The molecule has 0 bridgehead atoms. The van der Waals surface area contributed by atoms with Gasteiger partial charge in [-0.15, -0.1) is 0 Å². The van der Waals surface area contributed by atoms with Gasteiger partial charge in [0.15, 0.2) is 0 Å². The van der Waals surface area contributed by atoms with Crippen LogP contribution in [0.3, 0.4) is 0 Å². The lowest BCUT2D eigenvalue weighted by Crippen LogP contribution is -2.34. The highest BCUT2D eigenvalue weighted by molar-refractivity contribution is 5.84. The summed E-state index contributed by atoms with van der Waals surface area (Å²) in [7, 11) is 1.31. The zero-order chi connectivity index (χ0) is 13.1. The van der Waals surface area contributed by atoms with Gasteiger partial charge in [0, 0.05) is 18.3 Å². The molecule has 0 aromatic rings. The second kappa shape index (κ2) is 5.21. The molecule has 1 rings (SSSR count). The van der Waals surface area contributed by atoms with Gasteiger partial charge in [-0.2, -0.15) is 0 Å². The molecule has 1 fully saturated rings. The molecule has 0 saturated carbocycles. The van der Waals surface area contributed by atoms with Crippen molar-refractivity contribution < 1.29 is 19.1 Å². The predicted molar refractivity (Wildman–Crippen MR) is 62.3 cm³/mol. The lowest BCUT2D eigenvalue weighted by Gasteiger charge is -2.25. The molecule has 1 aliphatic heterocycles. The van der Waals surface area contributed by atoms with Crippen LogP contribution in [0, 0.1) is 0 Å². The number of hydrogen-bond acceptors (Lipinski definition) is 4. The average Bonchev–Trinajstić information content (AvgIpc) is 2.63. The fourth-order valence-electron chi connectivity index (χ4n) is 1.57. The molecule has 0 N–H and O–H groups in total. The van der Waals surface area contributed by atoms with Crippen molar-refractivity contribution in [1.29, 1.82) is 0 Å². The van der Waals surface area contributed by atoms with Crippen LogP contribution in [-0.2, 0) is 14.3 Å². The molecule has 0 aromatic carbocycles. The van der Waals surface area contributed by atoms with Gasteiger partial charge in [-0.1, -0.05) is 0 Å². The highest BCUT2D eigenvalue weighted by atomic mass is 16.6. The molecule has 5 heteroatoms. The molecule has 0 spiro atoms. The minimum atomic E-state index is -0.532. The first-order chi connectivity index (χ1) is 7.83. The van der Waals surface area contributed by atoms with E-state index < -0.39 is 17.7 Å². The lowest BCUT2D eigenvalue weighted by molar-refractivity contribution is -0.134. The summed E-state index contributed by atoms with van der Waals surface area (Å²) in [5.41, 5.74) is 0.127. The van der Waals surface area contributed by atoms with Gasteiger partial charge in [0.1, 0.15) is 5.60 Å². The van der Waals surface area contributed by atoms with Crippen molar-refractivity contribution in [3.63, 3.8) is 0 Å². The Balaban J connectivity index is 2.73. The third-order valence-electron chi connectivity index (χ3n) is 2.26. The molecule has 1 aliphatic rings. The molecule has 0 atom stereocenters. The summed E-state index contributed by atoms with van der Waals surface area (Å²) in [5.74, 6) is -0.449. The van der Waals surface area contributed by atoms with E-state index in [0.717, 1.165) is 6.42 Å². The predicted octanol–water partition coefficient (Wildman–Crippen LogP) is 2.07. The zero-order valence-corrected chi connectivity index (χ0v) is 10.8. The first-order valence-corrected chi connectivity index (χ1v) is 5.62. The van der Waals surface area contributed by atoms with Gasteiger partial charge < -0.3 is 9.47 Å². The SMILES string of the molecule is COC(=O)/C=C1\CCCN1C(=O)OC(C)(C)C. The Kier molecular flexibility index (Phi) is 4.15. The molecular weight excluding hydrogens is 222 g/mol. The van der Waals surface area contributed by atoms with Gasteiger partial charge in [0.05, 0.1) is 7.11 Å². The maximum Gasteiger partial charge on any atom is 0.414 e. The normalized spacial score (nSPS) is 18.4. The van der Waals surface area contributed by atoms with E-state index in [1.165, 1.54) is 18.1 Å². The number of hydrogen-bond donors (Lipinski definition) is 0. The summed E-state index contributed by atoms with van der Waals surface area (Å²) in [4.78, 5) is 24.5.